The highest BCUT2D eigenvalue weighted by Crippen LogP contribution is 2.27. The maximum Gasteiger partial charge on any atom is 0.271 e. The minimum atomic E-state index is -0.561. The predicted molar refractivity (Wildman–Crippen MR) is 78.0 cm³/mol. The van der Waals surface area contributed by atoms with Crippen LogP contribution in [0.15, 0.2) is 41.1 Å². The SMILES string of the molecule is O=C(Nc1cc([N+](=O)[O-])ccc1Cl)c1ccnc(Br)c1. The molecule has 0 fully saturated rings. The zero-order chi connectivity index (χ0) is 14.7. The Morgan fingerprint density at radius 2 is 2.10 bits per heavy atom. The summed E-state index contributed by atoms with van der Waals surface area (Å²) < 4.78 is 0.510. The lowest BCUT2D eigenvalue weighted by molar-refractivity contribution is -0.384. The summed E-state index contributed by atoms with van der Waals surface area (Å²) >= 11 is 9.06. The molecule has 6 nitrogen and oxygen atoms in total. The molecule has 1 aromatic heterocycles. The van der Waals surface area contributed by atoms with E-state index in [0.717, 1.165) is 0 Å². The number of amides is 1. The third-order valence-electron chi connectivity index (χ3n) is 2.40. The Balaban J connectivity index is 2.27. The number of carbonyl (C=O) groups excluding carboxylic acids is 1. The Bertz CT molecular complexity index is 693. The molecule has 8 heteroatoms. The van der Waals surface area contributed by atoms with Crippen molar-refractivity contribution in [1.29, 1.82) is 0 Å². The van der Waals surface area contributed by atoms with Gasteiger partial charge >= 0.3 is 0 Å². The summed E-state index contributed by atoms with van der Waals surface area (Å²) in [6.45, 7) is 0. The highest BCUT2D eigenvalue weighted by molar-refractivity contribution is 9.10. The molecule has 1 amide bonds. The quantitative estimate of drug-likeness (QED) is 0.516. The first-order valence-corrected chi connectivity index (χ1v) is 6.51. The molecule has 0 unspecified atom stereocenters. The largest absolute Gasteiger partial charge is 0.320 e. The van der Waals surface area contributed by atoms with Gasteiger partial charge in [-0.1, -0.05) is 11.6 Å². The number of carbonyl (C=O) groups is 1. The van der Waals surface area contributed by atoms with Crippen LogP contribution >= 0.6 is 27.5 Å². The second-order valence-electron chi connectivity index (χ2n) is 3.74. The summed E-state index contributed by atoms with van der Waals surface area (Å²) in [4.78, 5) is 26.1. The molecule has 1 N–H and O–H groups in total. The van der Waals surface area contributed by atoms with E-state index in [2.05, 4.69) is 26.2 Å². The molecule has 0 spiro atoms. The number of hydrogen-bond acceptors (Lipinski definition) is 4. The van der Waals surface area contributed by atoms with Crippen LogP contribution in [0.5, 0.6) is 0 Å². The molecule has 0 radical (unpaired) electrons. The number of halogens is 2. The number of nitrogens with zero attached hydrogens (tertiary/aromatic N) is 2. The van der Waals surface area contributed by atoms with Gasteiger partial charge in [0.25, 0.3) is 11.6 Å². The number of nitro groups is 1. The van der Waals surface area contributed by atoms with Crippen molar-refractivity contribution in [2.24, 2.45) is 0 Å². The molecule has 20 heavy (non-hydrogen) atoms. The van der Waals surface area contributed by atoms with Crippen LogP contribution in [0.2, 0.25) is 5.02 Å². The number of anilines is 1. The highest BCUT2D eigenvalue weighted by atomic mass is 79.9. The van der Waals surface area contributed by atoms with E-state index in [1.807, 2.05) is 0 Å². The second kappa shape index (κ2) is 5.98. The highest BCUT2D eigenvalue weighted by Gasteiger charge is 2.13. The van der Waals surface area contributed by atoms with E-state index in [0.29, 0.717) is 10.2 Å². The van der Waals surface area contributed by atoms with Crippen LogP contribution in [0.25, 0.3) is 0 Å². The van der Waals surface area contributed by atoms with Crippen molar-refractivity contribution >= 4 is 44.8 Å². The van der Waals surface area contributed by atoms with E-state index in [9.17, 15) is 14.9 Å². The number of nitrogens with one attached hydrogen (secondary N) is 1. The van der Waals surface area contributed by atoms with E-state index in [-0.39, 0.29) is 16.4 Å². The molecule has 102 valence electrons. The summed E-state index contributed by atoms with van der Waals surface area (Å²) in [5.41, 5.74) is 0.383. The second-order valence-corrected chi connectivity index (χ2v) is 4.96. The smallest absolute Gasteiger partial charge is 0.271 e. The topological polar surface area (TPSA) is 85.1 Å². The Morgan fingerprint density at radius 1 is 1.35 bits per heavy atom. The van der Waals surface area contributed by atoms with E-state index >= 15 is 0 Å². The van der Waals surface area contributed by atoms with Crippen molar-refractivity contribution in [3.05, 3.63) is 61.8 Å². The van der Waals surface area contributed by atoms with Gasteiger partial charge in [0.05, 0.1) is 15.6 Å². The van der Waals surface area contributed by atoms with Crippen LogP contribution in [-0.4, -0.2) is 15.8 Å². The van der Waals surface area contributed by atoms with Gasteiger partial charge < -0.3 is 5.32 Å². The molecule has 1 heterocycles. The first-order chi connectivity index (χ1) is 9.47. The van der Waals surface area contributed by atoms with Crippen LogP contribution in [-0.2, 0) is 0 Å². The van der Waals surface area contributed by atoms with Crippen molar-refractivity contribution in [3.63, 3.8) is 0 Å². The zero-order valence-corrected chi connectivity index (χ0v) is 12.2. The van der Waals surface area contributed by atoms with Gasteiger partial charge in [0.1, 0.15) is 4.60 Å². The summed E-state index contributed by atoms with van der Waals surface area (Å²) in [5.74, 6) is -0.435. The van der Waals surface area contributed by atoms with E-state index in [4.69, 9.17) is 11.6 Å². The third-order valence-corrected chi connectivity index (χ3v) is 3.16. The Labute approximate surface area is 127 Å². The lowest BCUT2D eigenvalue weighted by Crippen LogP contribution is -2.12. The molecule has 1 aromatic carbocycles. The van der Waals surface area contributed by atoms with E-state index < -0.39 is 10.8 Å². The normalized spacial score (nSPS) is 10.1. The predicted octanol–water partition coefficient (Wildman–Crippen LogP) is 3.66. The number of rotatable bonds is 3. The first kappa shape index (κ1) is 14.4. The summed E-state index contributed by atoms with van der Waals surface area (Å²) in [7, 11) is 0. The molecule has 0 aliphatic rings. The van der Waals surface area contributed by atoms with Gasteiger partial charge in [-0.15, -0.1) is 0 Å². The molecular weight excluding hydrogens is 350 g/mol. The van der Waals surface area contributed by atoms with E-state index in [1.165, 1.54) is 36.5 Å². The molecule has 0 saturated carbocycles. The summed E-state index contributed by atoms with van der Waals surface area (Å²) in [5, 5.41) is 13.4. The number of benzene rings is 1. The third kappa shape index (κ3) is 3.31. The van der Waals surface area contributed by atoms with Crippen LogP contribution in [0.4, 0.5) is 11.4 Å². The van der Waals surface area contributed by atoms with Crippen LogP contribution in [0, 0.1) is 10.1 Å². The fourth-order valence-corrected chi connectivity index (χ4v) is 1.99. The average molecular weight is 357 g/mol. The van der Waals surface area contributed by atoms with Gasteiger partial charge in [-0.2, -0.15) is 0 Å². The number of pyridine rings is 1. The lowest BCUT2D eigenvalue weighted by Gasteiger charge is -2.07. The van der Waals surface area contributed by atoms with Crippen LogP contribution < -0.4 is 5.32 Å². The van der Waals surface area contributed by atoms with Crippen LogP contribution in [0.3, 0.4) is 0 Å². The van der Waals surface area contributed by atoms with Crippen molar-refractivity contribution in [2.75, 3.05) is 5.32 Å². The van der Waals surface area contributed by atoms with E-state index in [1.54, 1.807) is 0 Å². The molecule has 0 saturated heterocycles. The fourth-order valence-electron chi connectivity index (χ4n) is 1.46. The van der Waals surface area contributed by atoms with Crippen molar-refractivity contribution in [1.82, 2.24) is 4.98 Å². The minimum absolute atomic E-state index is 0.152. The van der Waals surface area contributed by atoms with Crippen molar-refractivity contribution in [2.45, 2.75) is 0 Å². The molecule has 0 aliphatic carbocycles. The van der Waals surface area contributed by atoms with Crippen LogP contribution in [0.1, 0.15) is 10.4 Å². The average Bonchev–Trinajstić information content (AvgIpc) is 2.41. The Hall–Kier alpha value is -1.99. The van der Waals surface area contributed by atoms with Gasteiger partial charge in [0, 0.05) is 23.9 Å². The van der Waals surface area contributed by atoms with Gasteiger partial charge in [-0.25, -0.2) is 4.98 Å². The Kier molecular flexibility index (Phi) is 4.31. The monoisotopic (exact) mass is 355 g/mol. The lowest BCUT2D eigenvalue weighted by atomic mass is 10.2. The number of hydrogen-bond donors (Lipinski definition) is 1. The first-order valence-electron chi connectivity index (χ1n) is 5.34. The summed E-state index contributed by atoms with van der Waals surface area (Å²) in [6.07, 6.45) is 1.47. The standard InChI is InChI=1S/C12H7BrClN3O3/c13-11-5-7(3-4-15-11)12(18)16-10-6-8(17(19)20)1-2-9(10)14/h1-6H,(H,16,18). The zero-order valence-electron chi connectivity index (χ0n) is 9.84. The molecule has 2 aromatic rings. The maximum atomic E-state index is 12.0. The number of non-ortho nitro benzene ring substituents is 1. The van der Waals surface area contributed by atoms with Gasteiger partial charge in [0.2, 0.25) is 0 Å². The van der Waals surface area contributed by atoms with Crippen molar-refractivity contribution < 1.29 is 9.72 Å². The van der Waals surface area contributed by atoms with Crippen molar-refractivity contribution in [3.8, 4) is 0 Å². The molecular formula is C12H7BrClN3O3. The number of aromatic nitrogens is 1. The molecule has 0 bridgehead atoms. The maximum absolute atomic E-state index is 12.0. The minimum Gasteiger partial charge on any atom is -0.320 e. The van der Waals surface area contributed by atoms with Gasteiger partial charge in [0.15, 0.2) is 0 Å². The Morgan fingerprint density at radius 3 is 2.75 bits per heavy atom. The number of nitro benzene ring substituents is 1. The summed E-state index contributed by atoms with van der Waals surface area (Å²) in [6, 6.07) is 6.88. The molecule has 0 aliphatic heterocycles. The van der Waals surface area contributed by atoms with Gasteiger partial charge in [-0.05, 0) is 34.1 Å². The van der Waals surface area contributed by atoms with Gasteiger partial charge in [-0.3, -0.25) is 14.9 Å². The fraction of sp³-hybridized carbons (Fsp3) is 0. The molecule has 2 rings (SSSR count). The molecule has 0 atom stereocenters.